The predicted molar refractivity (Wildman–Crippen MR) is 144 cm³/mol. The van der Waals surface area contributed by atoms with E-state index in [1.165, 1.54) is 35.7 Å². The number of nitrogens with zero attached hydrogens (tertiary/aromatic N) is 3. The van der Waals surface area contributed by atoms with Gasteiger partial charge in [-0.25, -0.2) is 0 Å². The second-order valence-corrected chi connectivity index (χ2v) is 10.7. The summed E-state index contributed by atoms with van der Waals surface area (Å²) >= 11 is 12.0. The molecule has 2 aliphatic rings. The molecule has 2 aliphatic heterocycles. The second-order valence-electron chi connectivity index (χ2n) is 9.85. The number of fused-ring (bicyclic) bond motifs is 1. The second kappa shape index (κ2) is 11.2. The minimum Gasteiger partial charge on any atom is -0.361 e. The number of aromatic nitrogens is 2. The molecule has 0 spiro atoms. The molecule has 1 aromatic carbocycles. The number of aromatic amines is 1. The lowest BCUT2D eigenvalue weighted by Gasteiger charge is -2.35. The normalized spacial score (nSPS) is 18.6. The summed E-state index contributed by atoms with van der Waals surface area (Å²) in [5, 5.41) is 2.30. The predicted octanol–water partition coefficient (Wildman–Crippen LogP) is 6.39. The van der Waals surface area contributed by atoms with Gasteiger partial charge in [0, 0.05) is 48.7 Å². The fraction of sp³-hybridized carbons (Fsp3) is 0.429. The maximum Gasteiger partial charge on any atom is 0.246 e. The molecular weight excluding hydrogens is 479 g/mol. The molecule has 0 atom stereocenters. The average Bonchev–Trinajstić information content (AvgIpc) is 3.33. The minimum absolute atomic E-state index is 0.0732. The zero-order chi connectivity index (χ0) is 24.2. The van der Waals surface area contributed by atoms with E-state index in [0.717, 1.165) is 51.1 Å². The summed E-state index contributed by atoms with van der Waals surface area (Å²) in [6.07, 6.45) is 15.3. The molecule has 1 N–H and O–H groups in total. The summed E-state index contributed by atoms with van der Waals surface area (Å²) in [4.78, 5) is 24.9. The van der Waals surface area contributed by atoms with Crippen molar-refractivity contribution in [1.82, 2.24) is 19.8 Å². The highest BCUT2D eigenvalue weighted by Crippen LogP contribution is 2.33. The van der Waals surface area contributed by atoms with Gasteiger partial charge in [0.2, 0.25) is 5.91 Å². The minimum atomic E-state index is 0.0732. The van der Waals surface area contributed by atoms with E-state index in [2.05, 4.69) is 27.1 Å². The Bertz CT molecular complexity index is 1190. The topological polar surface area (TPSA) is 52.2 Å². The first-order valence-corrected chi connectivity index (χ1v) is 13.4. The molecule has 5 nitrogen and oxygen atoms in total. The number of hydrogen-bond acceptors (Lipinski definition) is 3. The molecule has 2 saturated heterocycles. The van der Waals surface area contributed by atoms with E-state index in [4.69, 9.17) is 23.2 Å². The van der Waals surface area contributed by atoms with Crippen LogP contribution in [0.3, 0.4) is 0 Å². The molecule has 0 aliphatic carbocycles. The van der Waals surface area contributed by atoms with Crippen LogP contribution in [-0.4, -0.2) is 58.4 Å². The van der Waals surface area contributed by atoms with Gasteiger partial charge in [0.05, 0.1) is 10.0 Å². The third-order valence-corrected chi connectivity index (χ3v) is 8.42. The standard InChI is InChI=1S/C28H32Cl2N4O/c29-25-3-1-21(17-26(25)30)2-4-28(35)34-15-7-20(8-16-34)6-12-33-13-9-22(10-14-33)23-19-32-27-5-11-31-18-24(23)27/h1-5,11,17-20,22,32H,6-10,12-16H2/b4-2+. The van der Waals surface area contributed by atoms with Gasteiger partial charge >= 0.3 is 0 Å². The van der Waals surface area contributed by atoms with Crippen LogP contribution < -0.4 is 0 Å². The van der Waals surface area contributed by atoms with E-state index >= 15 is 0 Å². The van der Waals surface area contributed by atoms with Crippen LogP contribution in [0, 0.1) is 5.92 Å². The maximum absolute atomic E-state index is 12.6. The van der Waals surface area contributed by atoms with Crippen molar-refractivity contribution in [3.05, 3.63) is 70.1 Å². The number of benzene rings is 1. The molecule has 5 rings (SSSR count). The highest BCUT2D eigenvalue weighted by molar-refractivity contribution is 6.42. The fourth-order valence-corrected chi connectivity index (χ4v) is 5.79. The largest absolute Gasteiger partial charge is 0.361 e. The van der Waals surface area contributed by atoms with Crippen molar-refractivity contribution in [2.24, 2.45) is 5.92 Å². The molecule has 35 heavy (non-hydrogen) atoms. The number of amides is 1. The average molecular weight is 511 g/mol. The number of piperidine rings is 2. The fourth-order valence-electron chi connectivity index (χ4n) is 5.49. The molecule has 0 saturated carbocycles. The van der Waals surface area contributed by atoms with Crippen molar-refractivity contribution in [3.8, 4) is 0 Å². The number of pyridine rings is 1. The highest BCUT2D eigenvalue weighted by Gasteiger charge is 2.25. The summed E-state index contributed by atoms with van der Waals surface area (Å²) in [6.45, 7) is 5.17. The Labute approximate surface area is 217 Å². The highest BCUT2D eigenvalue weighted by atomic mass is 35.5. The van der Waals surface area contributed by atoms with Crippen molar-refractivity contribution < 1.29 is 4.79 Å². The Hall–Kier alpha value is -2.34. The Balaban J connectivity index is 1.03. The number of likely N-dealkylation sites (tertiary alicyclic amines) is 2. The van der Waals surface area contributed by atoms with E-state index < -0.39 is 0 Å². The molecule has 4 heterocycles. The van der Waals surface area contributed by atoms with E-state index in [1.54, 1.807) is 18.2 Å². The molecule has 0 unspecified atom stereocenters. The van der Waals surface area contributed by atoms with Crippen molar-refractivity contribution in [2.75, 3.05) is 32.7 Å². The molecule has 3 aromatic rings. The third kappa shape index (κ3) is 5.91. The van der Waals surface area contributed by atoms with Crippen LogP contribution in [0.2, 0.25) is 10.0 Å². The van der Waals surface area contributed by atoms with Crippen molar-refractivity contribution in [1.29, 1.82) is 0 Å². The van der Waals surface area contributed by atoms with Crippen LogP contribution in [0.15, 0.2) is 48.9 Å². The number of carbonyl (C=O) groups is 1. The molecule has 0 radical (unpaired) electrons. The molecule has 1 amide bonds. The van der Waals surface area contributed by atoms with Crippen LogP contribution in [0.1, 0.15) is 49.1 Å². The lowest BCUT2D eigenvalue weighted by atomic mass is 9.88. The number of rotatable bonds is 6. The summed E-state index contributed by atoms with van der Waals surface area (Å²) in [6, 6.07) is 7.45. The Morgan fingerprint density at radius 3 is 2.63 bits per heavy atom. The molecule has 2 fully saturated rings. The first-order chi connectivity index (χ1) is 17.1. The quantitative estimate of drug-likeness (QED) is 0.390. The molecule has 2 aromatic heterocycles. The van der Waals surface area contributed by atoms with E-state index in [-0.39, 0.29) is 5.91 Å². The Kier molecular flexibility index (Phi) is 7.76. The third-order valence-electron chi connectivity index (χ3n) is 7.68. The maximum atomic E-state index is 12.6. The van der Waals surface area contributed by atoms with Crippen LogP contribution >= 0.6 is 23.2 Å². The number of hydrogen-bond donors (Lipinski definition) is 1. The van der Waals surface area contributed by atoms with Crippen LogP contribution in [0.4, 0.5) is 0 Å². The van der Waals surface area contributed by atoms with Gasteiger partial charge in [-0.05, 0) is 99.0 Å². The molecule has 7 heteroatoms. The van der Waals surface area contributed by atoms with Gasteiger partial charge in [-0.1, -0.05) is 29.3 Å². The number of H-pyrrole nitrogens is 1. The van der Waals surface area contributed by atoms with Crippen LogP contribution in [0.25, 0.3) is 17.0 Å². The van der Waals surface area contributed by atoms with Gasteiger partial charge in [-0.3, -0.25) is 9.78 Å². The van der Waals surface area contributed by atoms with E-state index in [9.17, 15) is 4.79 Å². The van der Waals surface area contributed by atoms with Gasteiger partial charge in [0.25, 0.3) is 0 Å². The van der Waals surface area contributed by atoms with Gasteiger partial charge in [0.15, 0.2) is 0 Å². The Morgan fingerprint density at radius 2 is 1.86 bits per heavy atom. The molecule has 0 bridgehead atoms. The van der Waals surface area contributed by atoms with Gasteiger partial charge in [-0.15, -0.1) is 0 Å². The summed E-state index contributed by atoms with van der Waals surface area (Å²) in [7, 11) is 0. The lowest BCUT2D eigenvalue weighted by molar-refractivity contribution is -0.127. The lowest BCUT2D eigenvalue weighted by Crippen LogP contribution is -2.39. The van der Waals surface area contributed by atoms with Gasteiger partial charge in [-0.2, -0.15) is 0 Å². The summed E-state index contributed by atoms with van der Waals surface area (Å²) < 4.78 is 0. The summed E-state index contributed by atoms with van der Waals surface area (Å²) in [5.74, 6) is 1.40. The van der Waals surface area contributed by atoms with Gasteiger partial charge < -0.3 is 14.8 Å². The van der Waals surface area contributed by atoms with Gasteiger partial charge in [0.1, 0.15) is 0 Å². The first kappa shape index (κ1) is 24.4. The first-order valence-electron chi connectivity index (χ1n) is 12.6. The zero-order valence-electron chi connectivity index (χ0n) is 19.9. The summed E-state index contributed by atoms with van der Waals surface area (Å²) in [5.41, 5.74) is 3.50. The number of nitrogens with one attached hydrogen (secondary N) is 1. The van der Waals surface area contributed by atoms with Crippen molar-refractivity contribution >= 4 is 46.1 Å². The molecule has 184 valence electrons. The van der Waals surface area contributed by atoms with E-state index in [1.807, 2.05) is 29.4 Å². The smallest absolute Gasteiger partial charge is 0.246 e. The van der Waals surface area contributed by atoms with Crippen LogP contribution in [0.5, 0.6) is 0 Å². The van der Waals surface area contributed by atoms with Crippen molar-refractivity contribution in [3.63, 3.8) is 0 Å². The monoisotopic (exact) mass is 510 g/mol. The Morgan fingerprint density at radius 1 is 1.06 bits per heavy atom. The van der Waals surface area contributed by atoms with E-state index in [0.29, 0.717) is 21.9 Å². The van der Waals surface area contributed by atoms with Crippen molar-refractivity contribution in [2.45, 2.75) is 38.0 Å². The zero-order valence-corrected chi connectivity index (χ0v) is 21.4. The molecular formula is C28H32Cl2N4O. The van der Waals surface area contributed by atoms with Crippen LogP contribution in [-0.2, 0) is 4.79 Å². The SMILES string of the molecule is O=C(/C=C/c1ccc(Cl)c(Cl)c1)N1CCC(CCN2CCC(c3c[nH]c4ccncc34)CC2)CC1. The number of carbonyl (C=O) groups excluding carboxylic acids is 1. The number of halogens is 2.